The van der Waals surface area contributed by atoms with Crippen molar-refractivity contribution in [2.75, 3.05) is 13.1 Å². The fourth-order valence-electron chi connectivity index (χ4n) is 2.42. The van der Waals surface area contributed by atoms with Crippen LogP contribution in [0.1, 0.15) is 19.3 Å². The summed E-state index contributed by atoms with van der Waals surface area (Å²) in [5.41, 5.74) is 3.84. The molecule has 3 aliphatic heterocycles. The second kappa shape index (κ2) is 3.37. The molecule has 0 radical (unpaired) electrons. The van der Waals surface area contributed by atoms with Crippen LogP contribution in [-0.2, 0) is 4.79 Å². The van der Waals surface area contributed by atoms with Crippen molar-refractivity contribution < 1.29 is 9.90 Å². The summed E-state index contributed by atoms with van der Waals surface area (Å²) >= 11 is 0. The summed E-state index contributed by atoms with van der Waals surface area (Å²) in [6, 6.07) is 0. The average molecular weight is 219 g/mol. The zero-order valence-electron chi connectivity index (χ0n) is 8.89. The van der Waals surface area contributed by atoms with Crippen molar-refractivity contribution in [3.63, 3.8) is 0 Å². The third kappa shape index (κ3) is 1.31. The van der Waals surface area contributed by atoms with Crippen LogP contribution in [0.3, 0.4) is 0 Å². The summed E-state index contributed by atoms with van der Waals surface area (Å²) in [5.74, 6) is -0.722. The van der Waals surface area contributed by atoms with Gasteiger partial charge in [0.1, 0.15) is 0 Å². The van der Waals surface area contributed by atoms with E-state index in [1.165, 1.54) is 17.1 Å². The van der Waals surface area contributed by atoms with E-state index in [2.05, 4.69) is 21.0 Å². The second-order valence-corrected chi connectivity index (χ2v) is 4.21. The molecule has 0 saturated carbocycles. The van der Waals surface area contributed by atoms with Gasteiger partial charge in [0.15, 0.2) is 0 Å². The molecule has 5 nitrogen and oxygen atoms in total. The molecule has 2 bridgehead atoms. The quantitative estimate of drug-likeness (QED) is 0.765. The smallest absolute Gasteiger partial charge is 0.303 e. The summed E-state index contributed by atoms with van der Waals surface area (Å²) in [6.45, 7) is 1.56. The highest BCUT2D eigenvalue weighted by molar-refractivity contribution is 5.69. The highest BCUT2D eigenvalue weighted by atomic mass is 16.4. The van der Waals surface area contributed by atoms with Crippen LogP contribution in [0.25, 0.3) is 0 Å². The lowest BCUT2D eigenvalue weighted by Gasteiger charge is -2.23. The molecule has 0 amide bonds. The van der Waals surface area contributed by atoms with E-state index in [9.17, 15) is 4.79 Å². The van der Waals surface area contributed by atoms with Gasteiger partial charge in [-0.1, -0.05) is 0 Å². The number of carboxylic acid groups (broad SMARTS) is 1. The molecule has 16 heavy (non-hydrogen) atoms. The van der Waals surface area contributed by atoms with Gasteiger partial charge in [-0.2, -0.15) is 0 Å². The van der Waals surface area contributed by atoms with Gasteiger partial charge >= 0.3 is 5.97 Å². The number of rotatable bonds is 4. The van der Waals surface area contributed by atoms with Gasteiger partial charge in [-0.05, 0) is 6.42 Å². The Kier molecular flexibility index (Phi) is 1.99. The Hall–Kier alpha value is -1.78. The third-order valence-corrected chi connectivity index (χ3v) is 3.16. The Morgan fingerprint density at radius 1 is 1.50 bits per heavy atom. The first-order valence-electron chi connectivity index (χ1n) is 5.46. The fraction of sp³-hybridized carbons (Fsp3) is 0.455. The van der Waals surface area contributed by atoms with Crippen molar-refractivity contribution >= 4 is 12.3 Å². The predicted octanol–water partition coefficient (Wildman–Crippen LogP) is 0.967. The molecule has 3 heterocycles. The van der Waals surface area contributed by atoms with Crippen LogP contribution in [0.5, 0.6) is 0 Å². The zero-order chi connectivity index (χ0) is 11.1. The normalized spacial score (nSPS) is 20.9. The molecule has 0 aromatic heterocycles. The van der Waals surface area contributed by atoms with Crippen molar-refractivity contribution in [1.82, 2.24) is 9.80 Å². The maximum absolute atomic E-state index is 10.4. The molecule has 0 aromatic carbocycles. The minimum atomic E-state index is -0.722. The second-order valence-electron chi connectivity index (χ2n) is 4.21. The van der Waals surface area contributed by atoms with Crippen LogP contribution in [-0.4, -0.2) is 40.3 Å². The molecular weight excluding hydrogens is 206 g/mol. The van der Waals surface area contributed by atoms with Gasteiger partial charge in [0, 0.05) is 37.0 Å². The van der Waals surface area contributed by atoms with Gasteiger partial charge in [-0.15, -0.1) is 0 Å². The molecule has 0 aromatic rings. The molecule has 5 heteroatoms. The van der Waals surface area contributed by atoms with E-state index >= 15 is 0 Å². The van der Waals surface area contributed by atoms with E-state index in [0.29, 0.717) is 6.42 Å². The van der Waals surface area contributed by atoms with Crippen LogP contribution in [0, 0.1) is 0 Å². The monoisotopic (exact) mass is 219 g/mol. The van der Waals surface area contributed by atoms with Gasteiger partial charge in [0.05, 0.1) is 18.6 Å². The van der Waals surface area contributed by atoms with E-state index in [1.807, 2.05) is 6.34 Å². The Labute approximate surface area is 93.4 Å². The molecule has 0 spiro atoms. The van der Waals surface area contributed by atoms with Crippen molar-refractivity contribution in [2.24, 2.45) is 4.99 Å². The molecule has 3 aliphatic rings. The maximum atomic E-state index is 10.4. The van der Waals surface area contributed by atoms with Crippen LogP contribution in [0.2, 0.25) is 0 Å². The molecular formula is C11H13N3O2. The van der Waals surface area contributed by atoms with Crippen molar-refractivity contribution in [2.45, 2.75) is 19.3 Å². The molecule has 3 rings (SSSR count). The number of nitrogens with zero attached hydrogens (tertiary/aromatic N) is 3. The first-order valence-corrected chi connectivity index (χ1v) is 5.46. The Bertz CT molecular complexity index is 437. The lowest BCUT2D eigenvalue weighted by Crippen LogP contribution is -2.23. The average Bonchev–Trinajstić information content (AvgIpc) is 2.87. The number of carboxylic acids is 1. The molecule has 0 saturated heterocycles. The highest BCUT2D eigenvalue weighted by Gasteiger charge is 2.36. The van der Waals surface area contributed by atoms with Crippen molar-refractivity contribution in [3.8, 4) is 0 Å². The molecule has 84 valence electrons. The lowest BCUT2D eigenvalue weighted by molar-refractivity contribution is -0.137. The number of hydrogen-bond donors (Lipinski definition) is 1. The largest absolute Gasteiger partial charge is 0.481 e. The van der Waals surface area contributed by atoms with Crippen molar-refractivity contribution in [1.29, 1.82) is 0 Å². The molecule has 0 aliphatic carbocycles. The van der Waals surface area contributed by atoms with Crippen LogP contribution in [0.15, 0.2) is 28.3 Å². The van der Waals surface area contributed by atoms with E-state index in [0.717, 1.165) is 19.5 Å². The minimum Gasteiger partial charge on any atom is -0.481 e. The summed E-state index contributed by atoms with van der Waals surface area (Å²) in [6.07, 6.45) is 5.90. The third-order valence-electron chi connectivity index (χ3n) is 3.16. The predicted molar refractivity (Wildman–Crippen MR) is 58.5 cm³/mol. The highest BCUT2D eigenvalue weighted by Crippen LogP contribution is 2.40. The van der Waals surface area contributed by atoms with Gasteiger partial charge < -0.3 is 14.9 Å². The zero-order valence-corrected chi connectivity index (χ0v) is 8.89. The summed E-state index contributed by atoms with van der Waals surface area (Å²) in [7, 11) is 0. The molecule has 0 unspecified atom stereocenters. The van der Waals surface area contributed by atoms with Crippen LogP contribution >= 0.6 is 0 Å². The first-order chi connectivity index (χ1) is 7.75. The van der Waals surface area contributed by atoms with Gasteiger partial charge in [-0.3, -0.25) is 9.79 Å². The molecule has 0 fully saturated rings. The number of carbonyl (C=O) groups is 1. The summed E-state index contributed by atoms with van der Waals surface area (Å²) in [4.78, 5) is 19.0. The Morgan fingerprint density at radius 3 is 3.19 bits per heavy atom. The van der Waals surface area contributed by atoms with E-state index in [1.54, 1.807) is 0 Å². The fourth-order valence-corrected chi connectivity index (χ4v) is 2.42. The van der Waals surface area contributed by atoms with Crippen molar-refractivity contribution in [3.05, 3.63) is 23.3 Å². The van der Waals surface area contributed by atoms with Gasteiger partial charge in [0.25, 0.3) is 0 Å². The molecule has 0 atom stereocenters. The number of hydrogen-bond acceptors (Lipinski definition) is 4. The van der Waals surface area contributed by atoms with E-state index in [-0.39, 0.29) is 6.42 Å². The Balaban J connectivity index is 1.66. The standard InChI is InChI=1S/C11H13N3O2/c15-11(16)2-1-3-13-6-8-4-9(13)10-5-12-7-14(8)10/h6-7H,1-5H2,(H,15,16). The maximum Gasteiger partial charge on any atom is 0.303 e. The number of aliphatic imine (C=N–C) groups is 1. The Morgan fingerprint density at radius 2 is 2.38 bits per heavy atom. The van der Waals surface area contributed by atoms with Crippen LogP contribution in [0.4, 0.5) is 0 Å². The lowest BCUT2D eigenvalue weighted by atomic mass is 10.2. The number of fused-ring (bicyclic) bond motifs is 4. The SMILES string of the molecule is O=C(O)CCCN1C=C2CC1=C1CN=CN21. The minimum absolute atomic E-state index is 0.239. The molecule has 1 N–H and O–H groups in total. The van der Waals surface area contributed by atoms with Crippen LogP contribution < -0.4 is 0 Å². The van der Waals surface area contributed by atoms with Gasteiger partial charge in [-0.25, -0.2) is 0 Å². The first kappa shape index (κ1) is 9.45. The number of aliphatic carboxylic acids is 1. The van der Waals surface area contributed by atoms with Gasteiger partial charge in [0.2, 0.25) is 0 Å². The van der Waals surface area contributed by atoms with E-state index < -0.39 is 5.97 Å². The summed E-state index contributed by atoms with van der Waals surface area (Å²) in [5, 5.41) is 8.60. The topological polar surface area (TPSA) is 56.1 Å². The van der Waals surface area contributed by atoms with E-state index in [4.69, 9.17) is 5.11 Å². The summed E-state index contributed by atoms with van der Waals surface area (Å²) < 4.78 is 0.